The Morgan fingerprint density at radius 1 is 1.00 bits per heavy atom. The number of hydrogen-bond acceptors (Lipinski definition) is 6. The minimum Gasteiger partial charge on any atom is -0.372 e. The Balaban J connectivity index is 2.56. The van der Waals surface area contributed by atoms with E-state index >= 15 is 0 Å². The smallest absolute Gasteiger partial charge is 0.177 e. The topological polar surface area (TPSA) is 80.8 Å². The van der Waals surface area contributed by atoms with E-state index in [2.05, 4.69) is 0 Å². The molecule has 8 heteroatoms. The third-order valence-corrected chi connectivity index (χ3v) is 5.76. The number of sulfone groups is 2. The summed E-state index contributed by atoms with van der Waals surface area (Å²) in [6, 6.07) is 4.26. The number of hydrogen-bond donors (Lipinski definition) is 0. The molecule has 1 aromatic carbocycles. The standard InChI is InChI=1S/C14H21NO5S2/c1-10-8-15(9-11(2)20-10)13-6-5-12(21(3,16)17)7-14(13)22(4,18)19/h5-7,10-11H,8-9H2,1-4H3. The van der Waals surface area contributed by atoms with Gasteiger partial charge in [-0.2, -0.15) is 0 Å². The van der Waals surface area contributed by atoms with Crippen LogP contribution in [-0.2, 0) is 24.4 Å². The first-order valence-electron chi connectivity index (χ1n) is 6.93. The van der Waals surface area contributed by atoms with Gasteiger partial charge in [-0.05, 0) is 32.0 Å². The second-order valence-corrected chi connectivity index (χ2v) is 9.84. The molecule has 1 aliphatic rings. The van der Waals surface area contributed by atoms with E-state index in [0.29, 0.717) is 18.8 Å². The highest BCUT2D eigenvalue weighted by Crippen LogP contribution is 2.30. The lowest BCUT2D eigenvalue weighted by Crippen LogP contribution is -2.46. The Kier molecular flexibility index (Phi) is 4.56. The maximum Gasteiger partial charge on any atom is 0.177 e. The highest BCUT2D eigenvalue weighted by molar-refractivity contribution is 7.91. The van der Waals surface area contributed by atoms with Gasteiger partial charge in [-0.15, -0.1) is 0 Å². The van der Waals surface area contributed by atoms with E-state index < -0.39 is 19.7 Å². The van der Waals surface area contributed by atoms with Gasteiger partial charge in [0.1, 0.15) is 0 Å². The van der Waals surface area contributed by atoms with Crippen LogP contribution in [0, 0.1) is 0 Å². The third kappa shape index (κ3) is 3.80. The fraction of sp³-hybridized carbons (Fsp3) is 0.571. The van der Waals surface area contributed by atoms with Crippen molar-refractivity contribution in [3.63, 3.8) is 0 Å². The van der Waals surface area contributed by atoms with Gasteiger partial charge >= 0.3 is 0 Å². The normalized spacial score (nSPS) is 23.5. The maximum atomic E-state index is 12.1. The summed E-state index contributed by atoms with van der Waals surface area (Å²) in [4.78, 5) is 1.98. The van der Waals surface area contributed by atoms with Crippen LogP contribution in [0.1, 0.15) is 13.8 Å². The zero-order chi connectivity index (χ0) is 16.7. The second kappa shape index (κ2) is 5.82. The molecule has 124 valence electrons. The molecule has 2 rings (SSSR count). The zero-order valence-corrected chi connectivity index (χ0v) is 14.7. The van der Waals surface area contributed by atoms with Crippen molar-refractivity contribution in [1.82, 2.24) is 0 Å². The SMILES string of the molecule is CC1CN(c2ccc(S(C)(=O)=O)cc2S(C)(=O)=O)CC(C)O1. The average molecular weight is 347 g/mol. The minimum atomic E-state index is -3.55. The quantitative estimate of drug-likeness (QED) is 0.815. The Morgan fingerprint density at radius 2 is 1.55 bits per heavy atom. The molecule has 1 heterocycles. The minimum absolute atomic E-state index is 0.00558. The van der Waals surface area contributed by atoms with Gasteiger partial charge in [0, 0.05) is 25.6 Å². The van der Waals surface area contributed by atoms with Gasteiger partial charge in [-0.1, -0.05) is 0 Å². The Morgan fingerprint density at radius 3 is 2.00 bits per heavy atom. The molecule has 0 N–H and O–H groups in total. The van der Waals surface area contributed by atoms with Gasteiger partial charge in [0.25, 0.3) is 0 Å². The highest BCUT2D eigenvalue weighted by Gasteiger charge is 2.27. The van der Waals surface area contributed by atoms with Crippen LogP contribution < -0.4 is 4.90 Å². The molecule has 0 saturated carbocycles. The molecule has 0 amide bonds. The van der Waals surface area contributed by atoms with Crippen molar-refractivity contribution in [2.75, 3.05) is 30.5 Å². The summed E-state index contributed by atoms with van der Waals surface area (Å²) in [5, 5.41) is 0. The van der Waals surface area contributed by atoms with Crippen LogP contribution in [0.15, 0.2) is 28.0 Å². The first-order valence-corrected chi connectivity index (χ1v) is 10.7. The number of nitrogens with zero attached hydrogens (tertiary/aromatic N) is 1. The van der Waals surface area contributed by atoms with Crippen molar-refractivity contribution < 1.29 is 21.6 Å². The highest BCUT2D eigenvalue weighted by atomic mass is 32.2. The molecule has 0 spiro atoms. The van der Waals surface area contributed by atoms with Crippen molar-refractivity contribution >= 4 is 25.4 Å². The lowest BCUT2D eigenvalue weighted by atomic mass is 10.2. The summed E-state index contributed by atoms with van der Waals surface area (Å²) in [5.74, 6) is 0. The predicted octanol–water partition coefficient (Wildman–Crippen LogP) is 1.11. The number of morpholine rings is 1. The van der Waals surface area contributed by atoms with Crippen molar-refractivity contribution in [2.45, 2.75) is 35.8 Å². The van der Waals surface area contributed by atoms with E-state index in [1.54, 1.807) is 6.07 Å². The first-order chi connectivity index (χ1) is 9.98. The first kappa shape index (κ1) is 17.2. The Hall–Kier alpha value is -1.12. The molecule has 1 aromatic rings. The average Bonchev–Trinajstić information content (AvgIpc) is 2.34. The van der Waals surface area contributed by atoms with Gasteiger partial charge in [-0.3, -0.25) is 0 Å². The molecule has 6 nitrogen and oxygen atoms in total. The lowest BCUT2D eigenvalue weighted by molar-refractivity contribution is -0.00537. The van der Waals surface area contributed by atoms with E-state index in [1.165, 1.54) is 12.1 Å². The molecule has 0 bridgehead atoms. The Bertz CT molecular complexity index is 760. The summed E-state index contributed by atoms with van der Waals surface area (Å²) in [6.45, 7) is 4.97. The molecule has 22 heavy (non-hydrogen) atoms. The molecule has 2 unspecified atom stereocenters. The van der Waals surface area contributed by atoms with Crippen molar-refractivity contribution in [3.05, 3.63) is 18.2 Å². The third-order valence-electron chi connectivity index (χ3n) is 3.52. The number of benzene rings is 1. The van der Waals surface area contributed by atoms with Crippen LogP contribution in [0.4, 0.5) is 5.69 Å². The van der Waals surface area contributed by atoms with Crippen LogP contribution in [0.3, 0.4) is 0 Å². The summed E-state index contributed by atoms with van der Waals surface area (Å²) >= 11 is 0. The fourth-order valence-corrected chi connectivity index (χ4v) is 4.30. The number of anilines is 1. The summed E-state index contributed by atoms with van der Waals surface area (Å²) in [6.07, 6.45) is 2.11. The molecule has 2 atom stereocenters. The second-order valence-electron chi connectivity index (χ2n) is 5.84. The summed E-state index contributed by atoms with van der Waals surface area (Å²) in [5.41, 5.74) is 0.525. The Labute approximate surface area is 131 Å². The van der Waals surface area contributed by atoms with Crippen molar-refractivity contribution in [3.8, 4) is 0 Å². The van der Waals surface area contributed by atoms with Crippen molar-refractivity contribution in [2.24, 2.45) is 0 Å². The molecule has 0 radical (unpaired) electrons. The monoisotopic (exact) mass is 347 g/mol. The molecule has 1 saturated heterocycles. The largest absolute Gasteiger partial charge is 0.372 e. The van der Waals surface area contributed by atoms with Gasteiger partial charge < -0.3 is 9.64 Å². The van der Waals surface area contributed by atoms with E-state index in [4.69, 9.17) is 4.74 Å². The fourth-order valence-electron chi connectivity index (χ4n) is 2.66. The van der Waals surface area contributed by atoms with Crippen LogP contribution >= 0.6 is 0 Å². The van der Waals surface area contributed by atoms with Crippen LogP contribution in [0.5, 0.6) is 0 Å². The molecule has 0 aromatic heterocycles. The van der Waals surface area contributed by atoms with Crippen LogP contribution in [-0.4, -0.2) is 54.6 Å². The zero-order valence-electron chi connectivity index (χ0n) is 13.1. The van der Waals surface area contributed by atoms with Gasteiger partial charge in [0.05, 0.1) is 27.7 Å². The van der Waals surface area contributed by atoms with E-state index in [1.807, 2.05) is 18.7 Å². The van der Waals surface area contributed by atoms with E-state index in [-0.39, 0.29) is 22.0 Å². The predicted molar refractivity (Wildman–Crippen MR) is 84.9 cm³/mol. The summed E-state index contributed by atoms with van der Waals surface area (Å²) in [7, 11) is -7.01. The van der Waals surface area contributed by atoms with Gasteiger partial charge in [0.15, 0.2) is 19.7 Å². The van der Waals surface area contributed by atoms with Crippen LogP contribution in [0.2, 0.25) is 0 Å². The molecular formula is C14H21NO5S2. The van der Waals surface area contributed by atoms with Gasteiger partial charge in [-0.25, -0.2) is 16.8 Å². The van der Waals surface area contributed by atoms with Crippen LogP contribution in [0.25, 0.3) is 0 Å². The maximum absolute atomic E-state index is 12.1. The van der Waals surface area contributed by atoms with Gasteiger partial charge in [0.2, 0.25) is 0 Å². The van der Waals surface area contributed by atoms with E-state index in [9.17, 15) is 16.8 Å². The molecule has 1 aliphatic heterocycles. The number of ether oxygens (including phenoxy) is 1. The number of rotatable bonds is 3. The molecule has 0 aliphatic carbocycles. The molecule has 1 fully saturated rings. The van der Waals surface area contributed by atoms with Crippen molar-refractivity contribution in [1.29, 1.82) is 0 Å². The lowest BCUT2D eigenvalue weighted by Gasteiger charge is -2.37. The molecular weight excluding hydrogens is 326 g/mol. The summed E-state index contributed by atoms with van der Waals surface area (Å²) < 4.78 is 53.2. The van der Waals surface area contributed by atoms with E-state index in [0.717, 1.165) is 12.5 Å².